The first kappa shape index (κ1) is 18.5. The van der Waals surface area contributed by atoms with Crippen LogP contribution < -0.4 is 10.1 Å². The lowest BCUT2D eigenvalue weighted by molar-refractivity contribution is 0.0698. The highest BCUT2D eigenvalue weighted by Gasteiger charge is 2.23. The Morgan fingerprint density at radius 1 is 1.33 bits per heavy atom. The monoisotopic (exact) mass is 370 g/mol. The fourth-order valence-corrected chi connectivity index (χ4v) is 2.86. The molecule has 27 heavy (non-hydrogen) atoms. The van der Waals surface area contributed by atoms with Crippen LogP contribution in [0.4, 0.5) is 5.82 Å². The molecule has 0 spiro atoms. The van der Waals surface area contributed by atoms with E-state index in [-0.39, 0.29) is 17.1 Å². The molecule has 8 nitrogen and oxygen atoms in total. The number of methoxy groups -OCH3 is 1. The van der Waals surface area contributed by atoms with Gasteiger partial charge in [0.1, 0.15) is 11.6 Å². The highest BCUT2D eigenvalue weighted by atomic mass is 16.5. The highest BCUT2D eigenvalue weighted by molar-refractivity contribution is 5.99. The highest BCUT2D eigenvalue weighted by Crippen LogP contribution is 2.30. The van der Waals surface area contributed by atoms with Crippen molar-refractivity contribution in [2.45, 2.75) is 26.3 Å². The molecule has 0 atom stereocenters. The fourth-order valence-electron chi connectivity index (χ4n) is 2.86. The SMILES string of the molecule is CCc1nccn1CCCNc1noc(-c2ccc(OC)cc2)c1C(=O)O. The summed E-state index contributed by atoms with van der Waals surface area (Å²) in [5.41, 5.74) is 0.650. The van der Waals surface area contributed by atoms with E-state index in [9.17, 15) is 9.90 Å². The number of imidazole rings is 1. The third-order valence-electron chi connectivity index (χ3n) is 4.24. The molecule has 0 fully saturated rings. The molecule has 3 rings (SSSR count). The molecular weight excluding hydrogens is 348 g/mol. The first-order chi connectivity index (χ1) is 13.1. The number of carbonyl (C=O) groups is 1. The van der Waals surface area contributed by atoms with Crippen LogP contribution in [0.15, 0.2) is 41.2 Å². The predicted octanol–water partition coefficient (Wildman–Crippen LogP) is 3.31. The molecule has 2 aromatic heterocycles. The van der Waals surface area contributed by atoms with Crippen molar-refractivity contribution in [1.29, 1.82) is 0 Å². The maximum absolute atomic E-state index is 11.7. The Morgan fingerprint density at radius 3 is 2.78 bits per heavy atom. The van der Waals surface area contributed by atoms with E-state index in [1.165, 1.54) is 0 Å². The van der Waals surface area contributed by atoms with Crippen LogP contribution in [0.5, 0.6) is 5.75 Å². The molecule has 0 amide bonds. The third kappa shape index (κ3) is 4.11. The lowest BCUT2D eigenvalue weighted by Crippen LogP contribution is -2.11. The molecule has 8 heteroatoms. The molecule has 3 aromatic rings. The zero-order valence-electron chi connectivity index (χ0n) is 15.3. The first-order valence-electron chi connectivity index (χ1n) is 8.75. The zero-order valence-corrected chi connectivity index (χ0v) is 15.3. The standard InChI is InChI=1S/C19H22N4O4/c1-3-15-20-10-12-23(15)11-4-9-21-18-16(19(24)25)17(27-22-18)13-5-7-14(26-2)8-6-13/h5-8,10,12H,3-4,9,11H2,1-2H3,(H,21,22)(H,24,25). The van der Waals surface area contributed by atoms with Gasteiger partial charge in [-0.15, -0.1) is 0 Å². The number of benzene rings is 1. The molecule has 0 aliphatic rings. The van der Waals surface area contributed by atoms with E-state index in [0.717, 1.165) is 25.2 Å². The second-order valence-electron chi connectivity index (χ2n) is 5.94. The Balaban J connectivity index is 1.68. The molecule has 0 radical (unpaired) electrons. The number of rotatable bonds is 9. The summed E-state index contributed by atoms with van der Waals surface area (Å²) in [6.07, 6.45) is 5.40. The van der Waals surface area contributed by atoms with Crippen molar-refractivity contribution >= 4 is 11.8 Å². The van der Waals surface area contributed by atoms with Gasteiger partial charge in [-0.3, -0.25) is 0 Å². The normalized spacial score (nSPS) is 10.7. The smallest absolute Gasteiger partial charge is 0.343 e. The average molecular weight is 370 g/mol. The van der Waals surface area contributed by atoms with Gasteiger partial charge in [0, 0.05) is 37.5 Å². The van der Waals surface area contributed by atoms with Crippen LogP contribution in [-0.2, 0) is 13.0 Å². The summed E-state index contributed by atoms with van der Waals surface area (Å²) < 4.78 is 12.5. The van der Waals surface area contributed by atoms with Crippen LogP contribution in [0.25, 0.3) is 11.3 Å². The Kier molecular flexibility index (Phi) is 5.75. The second kappa shape index (κ2) is 8.39. The minimum Gasteiger partial charge on any atom is -0.497 e. The fraction of sp³-hybridized carbons (Fsp3) is 0.316. The summed E-state index contributed by atoms with van der Waals surface area (Å²) in [5, 5.41) is 16.6. The van der Waals surface area contributed by atoms with Gasteiger partial charge < -0.3 is 24.3 Å². The van der Waals surface area contributed by atoms with Crippen molar-refractivity contribution in [2.24, 2.45) is 0 Å². The lowest BCUT2D eigenvalue weighted by atomic mass is 10.1. The van der Waals surface area contributed by atoms with E-state index in [4.69, 9.17) is 9.26 Å². The van der Waals surface area contributed by atoms with Crippen LogP contribution >= 0.6 is 0 Å². The van der Waals surface area contributed by atoms with E-state index in [0.29, 0.717) is 17.9 Å². The number of aryl methyl sites for hydroxylation is 2. The molecule has 1 aromatic carbocycles. The first-order valence-corrected chi connectivity index (χ1v) is 8.75. The summed E-state index contributed by atoms with van der Waals surface area (Å²) in [4.78, 5) is 16.0. The van der Waals surface area contributed by atoms with Gasteiger partial charge in [-0.2, -0.15) is 0 Å². The van der Waals surface area contributed by atoms with Crippen molar-refractivity contribution < 1.29 is 19.2 Å². The van der Waals surface area contributed by atoms with Gasteiger partial charge in [-0.1, -0.05) is 12.1 Å². The number of carboxylic acid groups (broad SMARTS) is 1. The Labute approximate surface area is 156 Å². The minimum absolute atomic E-state index is 0.0250. The minimum atomic E-state index is -1.09. The van der Waals surface area contributed by atoms with E-state index in [1.54, 1.807) is 37.6 Å². The molecule has 0 aliphatic carbocycles. The summed E-state index contributed by atoms with van der Waals surface area (Å²) in [6.45, 7) is 3.42. The number of nitrogens with zero attached hydrogens (tertiary/aromatic N) is 3. The van der Waals surface area contributed by atoms with E-state index < -0.39 is 5.97 Å². The number of nitrogens with one attached hydrogen (secondary N) is 1. The molecule has 0 saturated carbocycles. The molecule has 142 valence electrons. The molecular formula is C19H22N4O4. The maximum atomic E-state index is 11.7. The van der Waals surface area contributed by atoms with Crippen molar-refractivity contribution in [3.05, 3.63) is 48.0 Å². The molecule has 2 N–H and O–H groups in total. The quantitative estimate of drug-likeness (QED) is 0.557. The molecule has 0 aliphatic heterocycles. The van der Waals surface area contributed by atoms with E-state index in [1.807, 2.05) is 6.20 Å². The van der Waals surface area contributed by atoms with Crippen LogP contribution in [0.2, 0.25) is 0 Å². The van der Waals surface area contributed by atoms with Crippen LogP contribution in [-0.4, -0.2) is 39.4 Å². The Morgan fingerprint density at radius 2 is 2.11 bits per heavy atom. The van der Waals surface area contributed by atoms with Crippen LogP contribution in [0, 0.1) is 0 Å². The Bertz CT molecular complexity index is 899. The van der Waals surface area contributed by atoms with Crippen LogP contribution in [0.3, 0.4) is 0 Å². The summed E-state index contributed by atoms with van der Waals surface area (Å²) in [6, 6.07) is 6.96. The average Bonchev–Trinajstić information content (AvgIpc) is 3.31. The van der Waals surface area contributed by atoms with Crippen molar-refractivity contribution in [1.82, 2.24) is 14.7 Å². The van der Waals surface area contributed by atoms with Gasteiger partial charge >= 0.3 is 5.97 Å². The van der Waals surface area contributed by atoms with Crippen molar-refractivity contribution in [2.75, 3.05) is 19.0 Å². The van der Waals surface area contributed by atoms with Crippen molar-refractivity contribution in [3.8, 4) is 17.1 Å². The zero-order chi connectivity index (χ0) is 19.2. The lowest BCUT2D eigenvalue weighted by Gasteiger charge is -2.07. The largest absolute Gasteiger partial charge is 0.497 e. The number of carboxylic acids is 1. The van der Waals surface area contributed by atoms with Gasteiger partial charge in [0.15, 0.2) is 17.1 Å². The van der Waals surface area contributed by atoms with E-state index >= 15 is 0 Å². The summed E-state index contributed by atoms with van der Waals surface area (Å²) >= 11 is 0. The van der Waals surface area contributed by atoms with E-state index in [2.05, 4.69) is 26.9 Å². The van der Waals surface area contributed by atoms with Gasteiger partial charge in [0.05, 0.1) is 7.11 Å². The number of ether oxygens (including phenoxy) is 1. The number of hydrogen-bond donors (Lipinski definition) is 2. The van der Waals surface area contributed by atoms with Gasteiger partial charge in [-0.25, -0.2) is 9.78 Å². The van der Waals surface area contributed by atoms with Gasteiger partial charge in [0.2, 0.25) is 0 Å². The molecule has 0 bridgehead atoms. The number of aromatic nitrogens is 3. The maximum Gasteiger partial charge on any atom is 0.343 e. The molecule has 0 unspecified atom stereocenters. The predicted molar refractivity (Wildman–Crippen MR) is 100 cm³/mol. The summed E-state index contributed by atoms with van der Waals surface area (Å²) in [7, 11) is 1.57. The number of hydrogen-bond acceptors (Lipinski definition) is 6. The number of anilines is 1. The second-order valence-corrected chi connectivity index (χ2v) is 5.94. The Hall–Kier alpha value is -3.29. The summed E-state index contributed by atoms with van der Waals surface area (Å²) in [5.74, 6) is 1.07. The number of aromatic carboxylic acids is 1. The van der Waals surface area contributed by atoms with Crippen molar-refractivity contribution in [3.63, 3.8) is 0 Å². The molecule has 0 saturated heterocycles. The third-order valence-corrected chi connectivity index (χ3v) is 4.24. The molecule has 2 heterocycles. The van der Waals surface area contributed by atoms with Gasteiger partial charge in [-0.05, 0) is 30.7 Å². The topological polar surface area (TPSA) is 102 Å². The van der Waals surface area contributed by atoms with Crippen LogP contribution in [0.1, 0.15) is 29.5 Å². The van der Waals surface area contributed by atoms with Gasteiger partial charge in [0.25, 0.3) is 0 Å².